The second kappa shape index (κ2) is 7.23. The summed E-state index contributed by atoms with van der Waals surface area (Å²) in [5.41, 5.74) is 2.54. The first-order valence-electron chi connectivity index (χ1n) is 8.90. The van der Waals surface area contributed by atoms with E-state index in [1.54, 1.807) is 11.3 Å². The summed E-state index contributed by atoms with van der Waals surface area (Å²) in [4.78, 5) is 18.4. The van der Waals surface area contributed by atoms with Gasteiger partial charge in [0.2, 0.25) is 5.91 Å². The molecule has 2 heterocycles. The highest BCUT2D eigenvalue weighted by atomic mass is 32.1. The number of fused-ring (bicyclic) bond motifs is 1. The average Bonchev–Trinajstić information content (AvgIpc) is 3.04. The van der Waals surface area contributed by atoms with Crippen molar-refractivity contribution in [2.75, 3.05) is 18.5 Å². The molecule has 2 aliphatic rings. The lowest BCUT2D eigenvalue weighted by Crippen LogP contribution is -2.53. The van der Waals surface area contributed by atoms with Crippen LogP contribution < -0.4 is 10.6 Å². The van der Waals surface area contributed by atoms with Gasteiger partial charge >= 0.3 is 0 Å². The van der Waals surface area contributed by atoms with Gasteiger partial charge < -0.3 is 15.4 Å². The normalized spacial score (nSPS) is 26.0. The zero-order chi connectivity index (χ0) is 17.2. The van der Waals surface area contributed by atoms with E-state index in [-0.39, 0.29) is 18.1 Å². The molecule has 1 unspecified atom stereocenters. The minimum absolute atomic E-state index is 0.0575. The largest absolute Gasteiger partial charge is 0.375 e. The van der Waals surface area contributed by atoms with Crippen molar-refractivity contribution in [3.05, 3.63) is 46.5 Å². The fourth-order valence-electron chi connectivity index (χ4n) is 3.65. The van der Waals surface area contributed by atoms with Gasteiger partial charge in [0.15, 0.2) is 5.13 Å². The number of carbonyl (C=O) groups excluding carboxylic acids is 1. The number of rotatable bonds is 3. The van der Waals surface area contributed by atoms with Gasteiger partial charge in [-0.2, -0.15) is 0 Å². The Morgan fingerprint density at radius 3 is 3.00 bits per heavy atom. The van der Waals surface area contributed by atoms with E-state index in [0.717, 1.165) is 25.0 Å². The number of benzene rings is 1. The molecule has 1 amide bonds. The predicted octanol–water partition coefficient (Wildman–Crippen LogP) is 2.73. The predicted molar refractivity (Wildman–Crippen MR) is 99.2 cm³/mol. The molecule has 0 spiro atoms. The number of carbonyl (C=O) groups is 1. The van der Waals surface area contributed by atoms with Crippen LogP contribution in [0, 0.1) is 0 Å². The Hall–Kier alpha value is -1.76. The zero-order valence-corrected chi connectivity index (χ0v) is 15.1. The van der Waals surface area contributed by atoms with Crippen molar-refractivity contribution >= 4 is 22.4 Å². The van der Waals surface area contributed by atoms with Crippen LogP contribution in [0.1, 0.15) is 35.4 Å². The van der Waals surface area contributed by atoms with Crippen LogP contribution in [0.5, 0.6) is 0 Å². The number of hydrogen-bond acceptors (Lipinski definition) is 5. The van der Waals surface area contributed by atoms with Gasteiger partial charge in [-0.3, -0.25) is 4.79 Å². The van der Waals surface area contributed by atoms with E-state index < -0.39 is 0 Å². The zero-order valence-electron chi connectivity index (χ0n) is 14.3. The summed E-state index contributed by atoms with van der Waals surface area (Å²) in [5.74, 6) is 0.490. The van der Waals surface area contributed by atoms with E-state index in [1.165, 1.54) is 10.4 Å². The van der Waals surface area contributed by atoms with Crippen LogP contribution >= 0.6 is 11.3 Å². The lowest BCUT2D eigenvalue weighted by atomic mass is 9.85. The Kier molecular flexibility index (Phi) is 4.83. The summed E-state index contributed by atoms with van der Waals surface area (Å²) in [5, 5.41) is 6.91. The van der Waals surface area contributed by atoms with Crippen molar-refractivity contribution < 1.29 is 9.53 Å². The number of aromatic nitrogens is 1. The second-order valence-electron chi connectivity index (χ2n) is 6.74. The molecule has 1 aromatic carbocycles. The Morgan fingerprint density at radius 2 is 2.20 bits per heavy atom. The molecule has 1 saturated heterocycles. The Bertz CT molecular complexity index is 746. The van der Waals surface area contributed by atoms with Gasteiger partial charge in [-0.25, -0.2) is 4.98 Å². The Balaban J connectivity index is 1.44. The van der Waals surface area contributed by atoms with Gasteiger partial charge in [0, 0.05) is 11.4 Å². The van der Waals surface area contributed by atoms with Crippen LogP contribution in [0.25, 0.3) is 0 Å². The molecule has 0 saturated carbocycles. The average molecular weight is 357 g/mol. The van der Waals surface area contributed by atoms with Gasteiger partial charge in [0.05, 0.1) is 18.4 Å². The number of nitrogens with zero attached hydrogens (tertiary/aromatic N) is 1. The van der Waals surface area contributed by atoms with Gasteiger partial charge in [-0.1, -0.05) is 30.3 Å². The van der Waals surface area contributed by atoms with E-state index in [0.29, 0.717) is 24.2 Å². The first-order chi connectivity index (χ1) is 12.2. The molecule has 0 bridgehead atoms. The van der Waals surface area contributed by atoms with E-state index in [2.05, 4.69) is 45.9 Å². The lowest BCUT2D eigenvalue weighted by molar-refractivity contribution is -0.123. The number of amides is 1. The Labute approximate surface area is 151 Å². The molecule has 5 nitrogen and oxygen atoms in total. The van der Waals surface area contributed by atoms with E-state index in [9.17, 15) is 4.79 Å². The van der Waals surface area contributed by atoms with E-state index in [4.69, 9.17) is 4.74 Å². The molecule has 1 aliphatic carbocycles. The van der Waals surface area contributed by atoms with E-state index >= 15 is 0 Å². The van der Waals surface area contributed by atoms with Gasteiger partial charge in [0.25, 0.3) is 0 Å². The maximum atomic E-state index is 12.5. The second-order valence-corrected chi connectivity index (χ2v) is 7.82. The van der Waals surface area contributed by atoms with Crippen molar-refractivity contribution in [2.24, 2.45) is 0 Å². The number of aryl methyl sites for hydroxylation is 1. The van der Waals surface area contributed by atoms with Gasteiger partial charge in [0.1, 0.15) is 6.04 Å². The van der Waals surface area contributed by atoms with Crippen molar-refractivity contribution in [2.45, 2.75) is 44.2 Å². The number of ether oxygens (including phenoxy) is 1. The molecular formula is C19H23N3O2S. The van der Waals surface area contributed by atoms with Crippen molar-refractivity contribution in [1.82, 2.24) is 10.3 Å². The van der Waals surface area contributed by atoms with Crippen LogP contribution in [-0.4, -0.2) is 36.2 Å². The third kappa shape index (κ3) is 3.61. The summed E-state index contributed by atoms with van der Waals surface area (Å²) in [6.07, 6.45) is 2.98. The molecule has 0 radical (unpaired) electrons. The molecule has 6 heteroatoms. The molecule has 25 heavy (non-hydrogen) atoms. The summed E-state index contributed by atoms with van der Waals surface area (Å²) in [7, 11) is 0. The minimum atomic E-state index is -0.313. The molecular weight excluding hydrogens is 334 g/mol. The first-order valence-corrected chi connectivity index (χ1v) is 9.72. The fourth-order valence-corrected chi connectivity index (χ4v) is 4.74. The van der Waals surface area contributed by atoms with Gasteiger partial charge in [-0.05, 0) is 37.7 Å². The van der Waals surface area contributed by atoms with Crippen LogP contribution in [0.2, 0.25) is 0 Å². The summed E-state index contributed by atoms with van der Waals surface area (Å²) in [6.45, 7) is 3.28. The fraction of sp³-hybridized carbons (Fsp3) is 0.474. The number of hydrogen-bond donors (Lipinski definition) is 2. The summed E-state index contributed by atoms with van der Waals surface area (Å²) >= 11 is 1.62. The standard InChI is InChI=1S/C19H23N3O2S/c1-12-17(20-9-10-24-12)18(23)22-19-21-15-8-7-14(11-16(15)25-19)13-5-3-2-4-6-13/h2-6,12,14,17,20H,7-11H2,1H3,(H,21,22,23)/t12-,14?,17+/m1/s1. The Morgan fingerprint density at radius 1 is 1.36 bits per heavy atom. The molecule has 3 atom stereocenters. The van der Waals surface area contributed by atoms with E-state index in [1.807, 2.05) is 6.92 Å². The van der Waals surface area contributed by atoms with Crippen LogP contribution in [-0.2, 0) is 22.4 Å². The highest BCUT2D eigenvalue weighted by Gasteiger charge is 2.30. The maximum absolute atomic E-state index is 12.5. The topological polar surface area (TPSA) is 63.2 Å². The highest BCUT2D eigenvalue weighted by molar-refractivity contribution is 7.15. The third-order valence-electron chi connectivity index (χ3n) is 5.04. The number of anilines is 1. The highest BCUT2D eigenvalue weighted by Crippen LogP contribution is 2.36. The monoisotopic (exact) mass is 357 g/mol. The smallest absolute Gasteiger partial charge is 0.245 e. The van der Waals surface area contributed by atoms with Crippen LogP contribution in [0.3, 0.4) is 0 Å². The molecule has 1 aromatic heterocycles. The third-order valence-corrected chi connectivity index (χ3v) is 6.08. The minimum Gasteiger partial charge on any atom is -0.375 e. The molecule has 132 valence electrons. The quantitative estimate of drug-likeness (QED) is 0.887. The number of nitrogens with one attached hydrogen (secondary N) is 2. The van der Waals surface area contributed by atoms with Crippen molar-refractivity contribution in [3.63, 3.8) is 0 Å². The maximum Gasteiger partial charge on any atom is 0.245 e. The van der Waals surface area contributed by atoms with Crippen LogP contribution in [0.15, 0.2) is 30.3 Å². The van der Waals surface area contributed by atoms with Crippen LogP contribution in [0.4, 0.5) is 5.13 Å². The summed E-state index contributed by atoms with van der Waals surface area (Å²) < 4.78 is 5.55. The first kappa shape index (κ1) is 16.7. The van der Waals surface area contributed by atoms with Crippen molar-refractivity contribution in [3.8, 4) is 0 Å². The SMILES string of the molecule is C[C@H]1OCCN[C@@H]1C(=O)Nc1nc2c(s1)CC(c1ccccc1)CC2. The lowest BCUT2D eigenvalue weighted by Gasteiger charge is -2.28. The number of morpholine rings is 1. The molecule has 2 N–H and O–H groups in total. The molecule has 2 aromatic rings. The molecule has 1 fully saturated rings. The number of thiazole rings is 1. The molecule has 4 rings (SSSR count). The van der Waals surface area contributed by atoms with Crippen molar-refractivity contribution in [1.29, 1.82) is 0 Å². The van der Waals surface area contributed by atoms with Gasteiger partial charge in [-0.15, -0.1) is 11.3 Å². The summed E-state index contributed by atoms with van der Waals surface area (Å²) in [6, 6.07) is 10.4. The molecule has 1 aliphatic heterocycles.